The number of hydrogen-bond donors (Lipinski definition) is 0. The molecule has 4 nitrogen and oxygen atoms in total. The van der Waals surface area contributed by atoms with Gasteiger partial charge < -0.3 is 9.90 Å². The van der Waals surface area contributed by atoms with Crippen molar-refractivity contribution < 1.29 is 61.3 Å². The molecule has 0 amide bonds. The third kappa shape index (κ3) is 2.92. The van der Waals surface area contributed by atoms with E-state index in [0.717, 1.165) is 5.52 Å². The van der Waals surface area contributed by atoms with Gasteiger partial charge in [-0.15, -0.1) is 0 Å². The molecule has 0 fully saturated rings. The largest absolute Gasteiger partial charge is 1.00 e. The number of aliphatic carboxylic acids is 1. The van der Waals surface area contributed by atoms with Gasteiger partial charge in [0.2, 0.25) is 0 Å². The first-order valence-corrected chi connectivity index (χ1v) is 4.95. The fourth-order valence-electron chi connectivity index (χ4n) is 1.36. The van der Waals surface area contributed by atoms with E-state index in [-0.39, 0.29) is 51.4 Å². The summed E-state index contributed by atoms with van der Waals surface area (Å²) in [6.07, 6.45) is 1.48. The molecular formula is C12H11KN2O2. The smallest absolute Gasteiger partial charge is 0.549 e. The predicted molar refractivity (Wildman–Crippen MR) is 57.6 cm³/mol. The number of fused-ring (bicyclic) bond motifs is 1. The summed E-state index contributed by atoms with van der Waals surface area (Å²) in [5.74, 6) is -1.16. The van der Waals surface area contributed by atoms with Gasteiger partial charge in [0.15, 0.2) is 0 Å². The van der Waals surface area contributed by atoms with Crippen molar-refractivity contribution in [2.45, 2.75) is 19.3 Å². The maximum absolute atomic E-state index is 11.0. The van der Waals surface area contributed by atoms with E-state index in [1.807, 2.05) is 18.2 Å². The Labute approximate surface area is 142 Å². The van der Waals surface area contributed by atoms with E-state index < -0.39 is 11.4 Å². The van der Waals surface area contributed by atoms with E-state index in [0.29, 0.717) is 11.2 Å². The summed E-state index contributed by atoms with van der Waals surface area (Å²) >= 11 is 0. The number of hydrogen-bond acceptors (Lipinski definition) is 4. The van der Waals surface area contributed by atoms with E-state index in [4.69, 9.17) is 0 Å². The van der Waals surface area contributed by atoms with Crippen molar-refractivity contribution in [1.82, 2.24) is 9.97 Å². The third-order valence-corrected chi connectivity index (χ3v) is 2.60. The van der Waals surface area contributed by atoms with Gasteiger partial charge in [0.25, 0.3) is 0 Å². The zero-order chi connectivity index (χ0) is 11.8. The monoisotopic (exact) mass is 254 g/mol. The van der Waals surface area contributed by atoms with E-state index in [1.54, 1.807) is 19.9 Å². The number of rotatable bonds is 2. The Morgan fingerprint density at radius 3 is 2.41 bits per heavy atom. The van der Waals surface area contributed by atoms with Gasteiger partial charge in [-0.2, -0.15) is 0 Å². The van der Waals surface area contributed by atoms with E-state index in [2.05, 4.69) is 9.97 Å². The molecule has 1 heterocycles. The molecule has 0 radical (unpaired) electrons. The quantitative estimate of drug-likeness (QED) is 0.563. The number of nitrogens with zero attached hydrogens (tertiary/aromatic N) is 2. The molecule has 2 rings (SSSR count). The van der Waals surface area contributed by atoms with Crippen LogP contribution in [0.2, 0.25) is 0 Å². The van der Waals surface area contributed by atoms with Crippen LogP contribution >= 0.6 is 0 Å². The van der Waals surface area contributed by atoms with Crippen molar-refractivity contribution in [1.29, 1.82) is 0 Å². The van der Waals surface area contributed by atoms with Crippen LogP contribution in [0.4, 0.5) is 0 Å². The number of carboxylic acids is 1. The van der Waals surface area contributed by atoms with Gasteiger partial charge >= 0.3 is 51.4 Å². The molecule has 0 saturated heterocycles. The zero-order valence-corrected chi connectivity index (χ0v) is 13.2. The second kappa shape index (κ2) is 5.54. The SMILES string of the molecule is CC(C)(C(=O)[O-])c1cnc2ccccc2n1.[K+]. The van der Waals surface area contributed by atoms with Crippen molar-refractivity contribution in [3.63, 3.8) is 0 Å². The van der Waals surface area contributed by atoms with Gasteiger partial charge in [0, 0.05) is 5.41 Å². The molecule has 0 bridgehead atoms. The minimum absolute atomic E-state index is 0. The van der Waals surface area contributed by atoms with Crippen LogP contribution in [-0.4, -0.2) is 15.9 Å². The van der Waals surface area contributed by atoms with Crippen LogP contribution < -0.4 is 56.5 Å². The van der Waals surface area contributed by atoms with Crippen molar-refractivity contribution in [2.24, 2.45) is 0 Å². The maximum atomic E-state index is 11.0. The molecule has 0 unspecified atom stereocenters. The summed E-state index contributed by atoms with van der Waals surface area (Å²) in [5.41, 5.74) is 0.720. The molecule has 0 saturated carbocycles. The Morgan fingerprint density at radius 1 is 1.24 bits per heavy atom. The number of benzene rings is 1. The first kappa shape index (κ1) is 14.7. The first-order valence-electron chi connectivity index (χ1n) is 4.95. The molecule has 0 aliphatic carbocycles. The molecule has 17 heavy (non-hydrogen) atoms. The van der Waals surface area contributed by atoms with Crippen LogP contribution in [0.3, 0.4) is 0 Å². The molecule has 0 atom stereocenters. The van der Waals surface area contributed by atoms with Crippen LogP contribution in [0.5, 0.6) is 0 Å². The van der Waals surface area contributed by atoms with Gasteiger partial charge in [-0.05, 0) is 26.0 Å². The van der Waals surface area contributed by atoms with Crippen LogP contribution in [0.25, 0.3) is 11.0 Å². The van der Waals surface area contributed by atoms with E-state index in [9.17, 15) is 9.90 Å². The number of aromatic nitrogens is 2. The molecule has 82 valence electrons. The minimum atomic E-state index is -1.16. The molecule has 0 aliphatic heterocycles. The summed E-state index contributed by atoms with van der Waals surface area (Å²) in [5, 5.41) is 11.0. The number of para-hydroxylation sites is 2. The van der Waals surface area contributed by atoms with Crippen molar-refractivity contribution in [3.05, 3.63) is 36.2 Å². The zero-order valence-electron chi connectivity index (χ0n) is 10.1. The van der Waals surface area contributed by atoms with Gasteiger partial charge in [0.05, 0.1) is 28.9 Å². The summed E-state index contributed by atoms with van der Waals surface area (Å²) < 4.78 is 0. The molecule has 1 aromatic carbocycles. The fourth-order valence-corrected chi connectivity index (χ4v) is 1.36. The Balaban J connectivity index is 0.00000144. The van der Waals surface area contributed by atoms with Gasteiger partial charge in [-0.1, -0.05) is 12.1 Å². The van der Waals surface area contributed by atoms with Crippen LogP contribution in [0.15, 0.2) is 30.5 Å². The second-order valence-corrected chi connectivity index (χ2v) is 4.16. The Hall–Kier alpha value is -0.334. The second-order valence-electron chi connectivity index (χ2n) is 4.16. The van der Waals surface area contributed by atoms with Crippen LogP contribution in [0, 0.1) is 0 Å². The van der Waals surface area contributed by atoms with Gasteiger partial charge in [-0.3, -0.25) is 4.98 Å². The van der Waals surface area contributed by atoms with E-state index in [1.165, 1.54) is 6.20 Å². The minimum Gasteiger partial charge on any atom is -0.549 e. The topological polar surface area (TPSA) is 65.9 Å². The van der Waals surface area contributed by atoms with Crippen molar-refractivity contribution in [2.75, 3.05) is 0 Å². The van der Waals surface area contributed by atoms with E-state index >= 15 is 0 Å². The Bertz CT molecular complexity index is 555. The molecule has 2 aromatic rings. The van der Waals surface area contributed by atoms with Gasteiger partial charge in [0.1, 0.15) is 0 Å². The molecular weight excluding hydrogens is 243 g/mol. The summed E-state index contributed by atoms with van der Waals surface area (Å²) in [7, 11) is 0. The number of carbonyl (C=O) groups excluding carboxylic acids is 1. The molecule has 0 N–H and O–H groups in total. The number of carbonyl (C=O) groups is 1. The third-order valence-electron chi connectivity index (χ3n) is 2.60. The van der Waals surface area contributed by atoms with Crippen molar-refractivity contribution in [3.8, 4) is 0 Å². The first-order chi connectivity index (χ1) is 7.51. The summed E-state index contributed by atoms with van der Waals surface area (Å²) in [6, 6.07) is 7.34. The van der Waals surface area contributed by atoms with Crippen LogP contribution in [0.1, 0.15) is 19.5 Å². The average molecular weight is 254 g/mol. The Kier molecular flexibility index (Phi) is 4.80. The normalized spacial score (nSPS) is 10.9. The summed E-state index contributed by atoms with van der Waals surface area (Å²) in [6.45, 7) is 3.11. The van der Waals surface area contributed by atoms with Crippen molar-refractivity contribution >= 4 is 17.0 Å². The molecule has 1 aromatic heterocycles. The van der Waals surface area contributed by atoms with Gasteiger partial charge in [-0.25, -0.2) is 4.98 Å². The number of carboxylic acid groups (broad SMARTS) is 1. The standard InChI is InChI=1S/C12H12N2O2.K/c1-12(2,11(15)16)10-7-13-8-5-3-4-6-9(8)14-10;/h3-7H,1-2H3,(H,15,16);/q;+1/p-1. The Morgan fingerprint density at radius 2 is 1.82 bits per heavy atom. The molecule has 5 heteroatoms. The fraction of sp³-hybridized carbons (Fsp3) is 0.250. The average Bonchev–Trinajstić information content (AvgIpc) is 2.28. The van der Waals surface area contributed by atoms with Crippen LogP contribution in [-0.2, 0) is 10.2 Å². The summed E-state index contributed by atoms with van der Waals surface area (Å²) in [4.78, 5) is 19.4. The molecule has 0 spiro atoms. The maximum Gasteiger partial charge on any atom is 1.00 e. The predicted octanol–water partition coefficient (Wildman–Crippen LogP) is -2.34. The molecule has 0 aliphatic rings.